The first-order chi connectivity index (χ1) is 13.2. The summed E-state index contributed by atoms with van der Waals surface area (Å²) in [7, 11) is 1.63. The Hall–Kier alpha value is -3.13. The molecule has 2 aromatic carbocycles. The third-order valence-electron chi connectivity index (χ3n) is 3.90. The molecule has 0 aliphatic carbocycles. The second kappa shape index (κ2) is 7.63. The van der Waals surface area contributed by atoms with Crippen LogP contribution in [-0.4, -0.2) is 32.1 Å². The standard InChI is InChI=1S/C19H17N5O2S/c1-13(27-19-20-12-24(23-19)15-6-4-3-5-7-15)17-21-22-18(26-17)14-8-10-16(25-2)11-9-14/h3-13H,1-2H3/t13-/m1/s1. The summed E-state index contributed by atoms with van der Waals surface area (Å²) in [6.07, 6.45) is 1.70. The zero-order valence-electron chi connectivity index (χ0n) is 14.8. The SMILES string of the molecule is COc1ccc(-c2nnc([C@@H](C)Sc3ncn(-c4ccccc4)n3)o2)cc1. The number of hydrogen-bond acceptors (Lipinski definition) is 7. The predicted molar refractivity (Wildman–Crippen MR) is 102 cm³/mol. The number of hydrogen-bond donors (Lipinski definition) is 0. The molecule has 0 aliphatic rings. The molecule has 4 rings (SSSR count). The van der Waals surface area contributed by atoms with Crippen LogP contribution < -0.4 is 4.74 Å². The number of ether oxygens (including phenoxy) is 1. The monoisotopic (exact) mass is 379 g/mol. The average molecular weight is 379 g/mol. The molecule has 0 bridgehead atoms. The van der Waals surface area contributed by atoms with Crippen molar-refractivity contribution in [1.82, 2.24) is 25.0 Å². The fourth-order valence-electron chi connectivity index (χ4n) is 2.46. The lowest BCUT2D eigenvalue weighted by atomic mass is 10.2. The van der Waals surface area contributed by atoms with Gasteiger partial charge in [0.15, 0.2) is 0 Å². The number of rotatable bonds is 6. The van der Waals surface area contributed by atoms with Crippen LogP contribution in [0.25, 0.3) is 17.1 Å². The molecular weight excluding hydrogens is 362 g/mol. The van der Waals surface area contributed by atoms with Crippen LogP contribution in [0.4, 0.5) is 0 Å². The summed E-state index contributed by atoms with van der Waals surface area (Å²) in [5.74, 6) is 1.78. The van der Waals surface area contributed by atoms with Crippen molar-refractivity contribution in [2.24, 2.45) is 0 Å². The molecule has 0 spiro atoms. The van der Waals surface area contributed by atoms with Crippen molar-refractivity contribution in [2.75, 3.05) is 7.11 Å². The highest BCUT2D eigenvalue weighted by molar-refractivity contribution is 7.99. The van der Waals surface area contributed by atoms with E-state index in [9.17, 15) is 0 Å². The molecule has 0 fully saturated rings. The van der Waals surface area contributed by atoms with E-state index in [0.29, 0.717) is 16.9 Å². The van der Waals surface area contributed by atoms with Gasteiger partial charge in [0.25, 0.3) is 0 Å². The van der Waals surface area contributed by atoms with Gasteiger partial charge in [0.2, 0.25) is 16.9 Å². The fraction of sp³-hybridized carbons (Fsp3) is 0.158. The maximum absolute atomic E-state index is 5.82. The molecule has 0 amide bonds. The molecule has 0 aliphatic heterocycles. The normalized spacial score (nSPS) is 12.1. The lowest BCUT2D eigenvalue weighted by Crippen LogP contribution is -1.94. The van der Waals surface area contributed by atoms with Gasteiger partial charge in [0, 0.05) is 5.56 Å². The maximum Gasteiger partial charge on any atom is 0.247 e. The van der Waals surface area contributed by atoms with Gasteiger partial charge in [-0.15, -0.1) is 15.3 Å². The maximum atomic E-state index is 5.82. The molecule has 1 atom stereocenters. The Morgan fingerprint density at radius 2 is 1.81 bits per heavy atom. The van der Waals surface area contributed by atoms with Crippen molar-refractivity contribution in [1.29, 1.82) is 0 Å². The van der Waals surface area contributed by atoms with E-state index in [1.54, 1.807) is 18.1 Å². The highest BCUT2D eigenvalue weighted by atomic mass is 32.2. The molecule has 7 nitrogen and oxygen atoms in total. The van der Waals surface area contributed by atoms with E-state index in [1.165, 1.54) is 11.8 Å². The van der Waals surface area contributed by atoms with Crippen molar-refractivity contribution in [3.63, 3.8) is 0 Å². The number of thioether (sulfide) groups is 1. The lowest BCUT2D eigenvalue weighted by Gasteiger charge is -2.03. The summed E-state index contributed by atoms with van der Waals surface area (Å²) >= 11 is 1.47. The second-order valence-corrected chi connectivity index (χ2v) is 7.05. The summed E-state index contributed by atoms with van der Waals surface area (Å²) in [6, 6.07) is 17.3. The zero-order valence-corrected chi connectivity index (χ0v) is 15.6. The van der Waals surface area contributed by atoms with Crippen molar-refractivity contribution in [3.8, 4) is 22.9 Å². The Labute approximate surface area is 160 Å². The molecule has 0 unspecified atom stereocenters. The predicted octanol–water partition coefficient (Wildman–Crippen LogP) is 4.18. The van der Waals surface area contributed by atoms with Gasteiger partial charge in [0.1, 0.15) is 12.1 Å². The number of para-hydroxylation sites is 1. The second-order valence-electron chi connectivity index (χ2n) is 5.74. The van der Waals surface area contributed by atoms with Gasteiger partial charge < -0.3 is 9.15 Å². The quantitative estimate of drug-likeness (QED) is 0.465. The van der Waals surface area contributed by atoms with Crippen molar-refractivity contribution >= 4 is 11.8 Å². The van der Waals surface area contributed by atoms with E-state index in [0.717, 1.165) is 17.0 Å². The minimum absolute atomic E-state index is 0.0730. The largest absolute Gasteiger partial charge is 0.497 e. The van der Waals surface area contributed by atoms with E-state index in [-0.39, 0.29) is 5.25 Å². The lowest BCUT2D eigenvalue weighted by molar-refractivity contribution is 0.415. The van der Waals surface area contributed by atoms with Gasteiger partial charge in [-0.3, -0.25) is 0 Å². The van der Waals surface area contributed by atoms with Crippen molar-refractivity contribution in [3.05, 3.63) is 66.8 Å². The van der Waals surface area contributed by atoms with Crippen LogP contribution >= 0.6 is 11.8 Å². The highest BCUT2D eigenvalue weighted by Crippen LogP contribution is 2.33. The molecule has 8 heteroatoms. The smallest absolute Gasteiger partial charge is 0.247 e. The van der Waals surface area contributed by atoms with Crippen molar-refractivity contribution in [2.45, 2.75) is 17.3 Å². The molecule has 0 radical (unpaired) electrons. The van der Waals surface area contributed by atoms with Gasteiger partial charge >= 0.3 is 0 Å². The van der Waals surface area contributed by atoms with Crippen LogP contribution in [0.2, 0.25) is 0 Å². The number of methoxy groups -OCH3 is 1. The Morgan fingerprint density at radius 1 is 1.04 bits per heavy atom. The van der Waals surface area contributed by atoms with Crippen LogP contribution in [0.15, 0.2) is 70.5 Å². The summed E-state index contributed by atoms with van der Waals surface area (Å²) < 4.78 is 12.7. The fourth-order valence-corrected chi connectivity index (χ4v) is 3.22. The number of aromatic nitrogens is 5. The Balaban J connectivity index is 1.46. The number of benzene rings is 2. The van der Waals surface area contributed by atoms with Crippen LogP contribution in [0.1, 0.15) is 18.1 Å². The summed E-state index contributed by atoms with van der Waals surface area (Å²) in [5.41, 5.74) is 1.81. The van der Waals surface area contributed by atoms with E-state index in [2.05, 4.69) is 20.3 Å². The molecule has 2 aromatic heterocycles. The highest BCUT2D eigenvalue weighted by Gasteiger charge is 2.18. The zero-order chi connectivity index (χ0) is 18.6. The van der Waals surface area contributed by atoms with Gasteiger partial charge in [-0.2, -0.15) is 0 Å². The molecule has 136 valence electrons. The molecule has 27 heavy (non-hydrogen) atoms. The first-order valence-electron chi connectivity index (χ1n) is 8.34. The van der Waals surface area contributed by atoms with E-state index in [1.807, 2.05) is 61.5 Å². The van der Waals surface area contributed by atoms with E-state index < -0.39 is 0 Å². The number of nitrogens with zero attached hydrogens (tertiary/aromatic N) is 5. The van der Waals surface area contributed by atoms with Crippen LogP contribution in [-0.2, 0) is 0 Å². The molecule has 4 aromatic rings. The third kappa shape index (κ3) is 3.85. The first-order valence-corrected chi connectivity index (χ1v) is 9.22. The molecule has 0 saturated carbocycles. The Bertz CT molecular complexity index is 1010. The Kier molecular flexibility index (Phi) is 4.88. The third-order valence-corrected chi connectivity index (χ3v) is 4.85. The van der Waals surface area contributed by atoms with Gasteiger partial charge in [0.05, 0.1) is 18.0 Å². The summed E-state index contributed by atoms with van der Waals surface area (Å²) in [5, 5.41) is 13.4. The molecular formula is C19H17N5O2S. The molecule has 2 heterocycles. The van der Waals surface area contributed by atoms with Crippen LogP contribution in [0.5, 0.6) is 5.75 Å². The average Bonchev–Trinajstić information content (AvgIpc) is 3.39. The molecule has 0 saturated heterocycles. The topological polar surface area (TPSA) is 78.9 Å². The van der Waals surface area contributed by atoms with Gasteiger partial charge in [-0.1, -0.05) is 30.0 Å². The first kappa shape index (κ1) is 17.3. The summed E-state index contributed by atoms with van der Waals surface area (Å²) in [6.45, 7) is 1.99. The van der Waals surface area contributed by atoms with Gasteiger partial charge in [-0.25, -0.2) is 9.67 Å². The molecule has 0 N–H and O–H groups in total. The van der Waals surface area contributed by atoms with Gasteiger partial charge in [-0.05, 0) is 43.3 Å². The van der Waals surface area contributed by atoms with E-state index >= 15 is 0 Å². The minimum Gasteiger partial charge on any atom is -0.497 e. The van der Waals surface area contributed by atoms with Crippen molar-refractivity contribution < 1.29 is 9.15 Å². The Morgan fingerprint density at radius 3 is 2.56 bits per heavy atom. The summed E-state index contributed by atoms with van der Waals surface area (Å²) in [4.78, 5) is 4.35. The van der Waals surface area contributed by atoms with E-state index in [4.69, 9.17) is 9.15 Å². The minimum atomic E-state index is -0.0730. The van der Waals surface area contributed by atoms with Crippen LogP contribution in [0, 0.1) is 0 Å². The van der Waals surface area contributed by atoms with Crippen LogP contribution in [0.3, 0.4) is 0 Å².